The number of aryl methyl sites for hydroxylation is 1. The highest BCUT2D eigenvalue weighted by atomic mass is 19.1. The van der Waals surface area contributed by atoms with Gasteiger partial charge in [0.1, 0.15) is 17.0 Å². The van der Waals surface area contributed by atoms with Crippen molar-refractivity contribution in [2.75, 3.05) is 0 Å². The van der Waals surface area contributed by atoms with Crippen molar-refractivity contribution >= 4 is 21.9 Å². The zero-order valence-corrected chi connectivity index (χ0v) is 8.25. The van der Waals surface area contributed by atoms with Gasteiger partial charge in [0, 0.05) is 16.8 Å². The van der Waals surface area contributed by atoms with Gasteiger partial charge < -0.3 is 4.42 Å². The Labute approximate surface area is 86.1 Å². The number of fused-ring (bicyclic) bond motifs is 3. The van der Waals surface area contributed by atoms with Gasteiger partial charge in [-0.2, -0.15) is 0 Å². The number of halogens is 1. The van der Waals surface area contributed by atoms with E-state index in [0.717, 1.165) is 16.4 Å². The molecule has 74 valence electrons. The summed E-state index contributed by atoms with van der Waals surface area (Å²) >= 11 is 0. The van der Waals surface area contributed by atoms with E-state index in [4.69, 9.17) is 4.42 Å². The molecular formula is C13H9FO. The van der Waals surface area contributed by atoms with E-state index in [1.54, 1.807) is 6.92 Å². The Morgan fingerprint density at radius 3 is 2.67 bits per heavy atom. The molecule has 0 spiro atoms. The average molecular weight is 200 g/mol. The number of para-hydroxylation sites is 1. The van der Waals surface area contributed by atoms with Gasteiger partial charge in [-0.3, -0.25) is 0 Å². The summed E-state index contributed by atoms with van der Waals surface area (Å²) in [7, 11) is 0. The number of hydrogen-bond acceptors (Lipinski definition) is 1. The fraction of sp³-hybridized carbons (Fsp3) is 0.0769. The van der Waals surface area contributed by atoms with Gasteiger partial charge in [0.25, 0.3) is 0 Å². The highest BCUT2D eigenvalue weighted by Crippen LogP contribution is 2.29. The maximum Gasteiger partial charge on any atom is 0.138 e. The van der Waals surface area contributed by atoms with Crippen LogP contribution in [0, 0.1) is 12.7 Å². The van der Waals surface area contributed by atoms with E-state index in [-0.39, 0.29) is 5.82 Å². The highest BCUT2D eigenvalue weighted by molar-refractivity contribution is 6.04. The van der Waals surface area contributed by atoms with E-state index >= 15 is 0 Å². The summed E-state index contributed by atoms with van der Waals surface area (Å²) in [5.74, 6) is -0.221. The number of benzene rings is 2. The summed E-state index contributed by atoms with van der Waals surface area (Å²) in [5, 5.41) is 2.01. The van der Waals surface area contributed by atoms with Crippen molar-refractivity contribution in [3.8, 4) is 0 Å². The van der Waals surface area contributed by atoms with Crippen molar-refractivity contribution in [2.24, 2.45) is 0 Å². The second-order valence-electron chi connectivity index (χ2n) is 3.70. The molecule has 0 N–H and O–H groups in total. The van der Waals surface area contributed by atoms with Crippen molar-refractivity contribution in [2.45, 2.75) is 6.92 Å². The van der Waals surface area contributed by atoms with Crippen LogP contribution >= 0.6 is 0 Å². The first-order chi connectivity index (χ1) is 7.25. The molecule has 0 saturated heterocycles. The normalized spacial score (nSPS) is 11.3. The van der Waals surface area contributed by atoms with E-state index in [1.807, 2.05) is 30.3 Å². The zero-order valence-electron chi connectivity index (χ0n) is 8.25. The maximum atomic E-state index is 13.3. The van der Waals surface area contributed by atoms with Gasteiger partial charge in [0.15, 0.2) is 0 Å². The van der Waals surface area contributed by atoms with Crippen LogP contribution in [-0.2, 0) is 0 Å². The van der Waals surface area contributed by atoms with Gasteiger partial charge >= 0.3 is 0 Å². The molecule has 0 aliphatic heterocycles. The molecule has 0 aliphatic carbocycles. The third-order valence-electron chi connectivity index (χ3n) is 2.66. The first-order valence-corrected chi connectivity index (χ1v) is 4.83. The molecule has 0 atom stereocenters. The molecule has 15 heavy (non-hydrogen) atoms. The molecule has 2 heteroatoms. The molecular weight excluding hydrogens is 191 g/mol. The van der Waals surface area contributed by atoms with Crippen molar-refractivity contribution in [3.05, 3.63) is 47.8 Å². The van der Waals surface area contributed by atoms with Crippen molar-refractivity contribution in [1.82, 2.24) is 0 Å². The molecule has 0 radical (unpaired) electrons. The monoisotopic (exact) mass is 200 g/mol. The molecule has 1 aromatic heterocycles. The van der Waals surface area contributed by atoms with Gasteiger partial charge in [-0.05, 0) is 24.6 Å². The van der Waals surface area contributed by atoms with Crippen LogP contribution in [0.3, 0.4) is 0 Å². The molecule has 0 unspecified atom stereocenters. The van der Waals surface area contributed by atoms with Crippen LogP contribution < -0.4 is 0 Å². The Morgan fingerprint density at radius 1 is 1.00 bits per heavy atom. The van der Waals surface area contributed by atoms with Crippen molar-refractivity contribution < 1.29 is 8.81 Å². The van der Waals surface area contributed by atoms with E-state index < -0.39 is 0 Å². The summed E-state index contributed by atoms with van der Waals surface area (Å²) in [5.41, 5.74) is 2.06. The Bertz CT molecular complexity index is 652. The summed E-state index contributed by atoms with van der Waals surface area (Å²) in [6.07, 6.45) is 0. The minimum Gasteiger partial charge on any atom is -0.456 e. The van der Waals surface area contributed by atoms with Crippen LogP contribution in [-0.4, -0.2) is 0 Å². The molecule has 0 saturated carbocycles. The number of hydrogen-bond donors (Lipinski definition) is 0. The Balaban J connectivity index is 2.56. The predicted molar refractivity (Wildman–Crippen MR) is 58.4 cm³/mol. The second-order valence-corrected chi connectivity index (χ2v) is 3.70. The third-order valence-corrected chi connectivity index (χ3v) is 2.66. The van der Waals surface area contributed by atoms with Crippen LogP contribution in [0.2, 0.25) is 0 Å². The SMILES string of the molecule is Cc1cc2c(cc1F)oc1ccccc12. The van der Waals surface area contributed by atoms with E-state index in [0.29, 0.717) is 11.1 Å². The van der Waals surface area contributed by atoms with Gasteiger partial charge in [-0.25, -0.2) is 4.39 Å². The fourth-order valence-electron chi connectivity index (χ4n) is 1.85. The first-order valence-electron chi connectivity index (χ1n) is 4.83. The molecule has 0 bridgehead atoms. The van der Waals surface area contributed by atoms with E-state index in [2.05, 4.69) is 0 Å². The lowest BCUT2D eigenvalue weighted by molar-refractivity contribution is 0.610. The molecule has 3 rings (SSSR count). The Hall–Kier alpha value is -1.83. The van der Waals surface area contributed by atoms with Crippen LogP contribution in [0.1, 0.15) is 5.56 Å². The van der Waals surface area contributed by atoms with Crippen LogP contribution in [0.4, 0.5) is 4.39 Å². The summed E-state index contributed by atoms with van der Waals surface area (Å²) in [6, 6.07) is 11.0. The first kappa shape index (κ1) is 8.48. The van der Waals surface area contributed by atoms with Crippen molar-refractivity contribution in [1.29, 1.82) is 0 Å². The number of rotatable bonds is 0. The third kappa shape index (κ3) is 1.14. The molecule has 0 amide bonds. The van der Waals surface area contributed by atoms with Gasteiger partial charge in [0.05, 0.1) is 0 Å². The largest absolute Gasteiger partial charge is 0.456 e. The van der Waals surface area contributed by atoms with Crippen LogP contribution in [0.25, 0.3) is 21.9 Å². The molecule has 1 heterocycles. The van der Waals surface area contributed by atoms with E-state index in [1.165, 1.54) is 6.07 Å². The van der Waals surface area contributed by atoms with Crippen LogP contribution in [0.15, 0.2) is 40.8 Å². The lowest BCUT2D eigenvalue weighted by Crippen LogP contribution is -1.79. The standard InChI is InChI=1S/C13H9FO/c1-8-6-10-9-4-2-3-5-12(9)15-13(10)7-11(8)14/h2-7H,1H3. The predicted octanol–water partition coefficient (Wildman–Crippen LogP) is 4.03. The smallest absolute Gasteiger partial charge is 0.138 e. The fourth-order valence-corrected chi connectivity index (χ4v) is 1.85. The Kier molecular flexibility index (Phi) is 1.60. The molecule has 0 aliphatic rings. The molecule has 3 aromatic rings. The topological polar surface area (TPSA) is 13.1 Å². The quantitative estimate of drug-likeness (QED) is 0.534. The van der Waals surface area contributed by atoms with Gasteiger partial charge in [-0.15, -0.1) is 0 Å². The highest BCUT2D eigenvalue weighted by Gasteiger charge is 2.08. The maximum absolute atomic E-state index is 13.3. The van der Waals surface area contributed by atoms with E-state index in [9.17, 15) is 4.39 Å². The van der Waals surface area contributed by atoms with Crippen LogP contribution in [0.5, 0.6) is 0 Å². The zero-order chi connectivity index (χ0) is 10.4. The minimum absolute atomic E-state index is 0.221. The minimum atomic E-state index is -0.221. The second kappa shape index (κ2) is 2.83. The molecule has 1 nitrogen and oxygen atoms in total. The summed E-state index contributed by atoms with van der Waals surface area (Å²) in [4.78, 5) is 0. The summed E-state index contributed by atoms with van der Waals surface area (Å²) < 4.78 is 18.9. The lowest BCUT2D eigenvalue weighted by Gasteiger charge is -1.94. The summed E-state index contributed by atoms with van der Waals surface area (Å²) in [6.45, 7) is 1.76. The van der Waals surface area contributed by atoms with Gasteiger partial charge in [-0.1, -0.05) is 18.2 Å². The van der Waals surface area contributed by atoms with Gasteiger partial charge in [0.2, 0.25) is 0 Å². The molecule has 2 aromatic carbocycles. The molecule has 0 fully saturated rings. The number of furan rings is 1. The lowest BCUT2D eigenvalue weighted by atomic mass is 10.1. The average Bonchev–Trinajstić information content (AvgIpc) is 2.57. The Morgan fingerprint density at radius 2 is 1.80 bits per heavy atom. The van der Waals surface area contributed by atoms with Crippen molar-refractivity contribution in [3.63, 3.8) is 0 Å².